The van der Waals surface area contributed by atoms with Crippen LogP contribution >= 0.6 is 0 Å². The molecule has 0 saturated carbocycles. The van der Waals surface area contributed by atoms with E-state index in [1.165, 1.54) is 0 Å². The molecule has 1 aliphatic rings. The van der Waals surface area contributed by atoms with Crippen LogP contribution in [0, 0.1) is 16.0 Å². The van der Waals surface area contributed by atoms with Gasteiger partial charge in [0, 0.05) is 4.92 Å². The van der Waals surface area contributed by atoms with Gasteiger partial charge >= 0.3 is 0 Å². The van der Waals surface area contributed by atoms with E-state index in [0.29, 0.717) is 13.0 Å². The molecule has 5 nitrogen and oxygen atoms in total. The van der Waals surface area contributed by atoms with Gasteiger partial charge in [-0.3, -0.25) is 10.1 Å². The maximum atomic E-state index is 10.5. The Labute approximate surface area is 89.2 Å². The van der Waals surface area contributed by atoms with Crippen molar-refractivity contribution in [3.8, 4) is 0 Å². The van der Waals surface area contributed by atoms with Crippen molar-refractivity contribution in [1.29, 1.82) is 0 Å². The number of nitro groups is 1. The van der Waals surface area contributed by atoms with Gasteiger partial charge < -0.3 is 9.47 Å². The lowest BCUT2D eigenvalue weighted by molar-refractivity contribution is -0.490. The molecule has 0 spiro atoms. The predicted octanol–water partition coefficient (Wildman–Crippen LogP) is 1.61. The van der Waals surface area contributed by atoms with Gasteiger partial charge in [0.1, 0.15) is 0 Å². The van der Waals surface area contributed by atoms with Gasteiger partial charge in [-0.15, -0.1) is 6.58 Å². The molecule has 1 fully saturated rings. The van der Waals surface area contributed by atoms with Gasteiger partial charge in [-0.1, -0.05) is 6.08 Å². The predicted molar refractivity (Wildman–Crippen MR) is 55.1 cm³/mol. The molecular weight excluding hydrogens is 198 g/mol. The molecule has 0 aliphatic carbocycles. The van der Waals surface area contributed by atoms with Gasteiger partial charge in [-0.25, -0.2) is 0 Å². The standard InChI is InChI=1S/C10H17NO4/c1-4-5-8(6-11(12)13)9-7-14-10(2,3)15-9/h4,8-9H,1,5-7H2,2-3H3/t8-,9+/m0/s1. The zero-order chi connectivity index (χ0) is 11.5. The lowest BCUT2D eigenvalue weighted by atomic mass is 9.99. The Morgan fingerprint density at radius 2 is 2.40 bits per heavy atom. The molecule has 2 atom stereocenters. The molecule has 0 bridgehead atoms. The van der Waals surface area contributed by atoms with Crippen molar-refractivity contribution in [2.24, 2.45) is 5.92 Å². The third-order valence-electron chi connectivity index (χ3n) is 2.41. The number of allylic oxidation sites excluding steroid dienone is 1. The maximum absolute atomic E-state index is 10.5. The smallest absolute Gasteiger partial charge is 0.209 e. The van der Waals surface area contributed by atoms with Gasteiger partial charge in [0.2, 0.25) is 6.54 Å². The van der Waals surface area contributed by atoms with Crippen LogP contribution < -0.4 is 0 Å². The molecule has 0 amide bonds. The molecule has 1 saturated heterocycles. The fraction of sp³-hybridized carbons (Fsp3) is 0.800. The van der Waals surface area contributed by atoms with Crippen molar-refractivity contribution in [3.05, 3.63) is 22.8 Å². The molecule has 0 N–H and O–H groups in total. The summed E-state index contributed by atoms with van der Waals surface area (Å²) in [4.78, 5) is 10.2. The topological polar surface area (TPSA) is 61.6 Å². The van der Waals surface area contributed by atoms with Gasteiger partial charge in [-0.05, 0) is 20.3 Å². The van der Waals surface area contributed by atoms with Crippen LogP contribution in [0.3, 0.4) is 0 Å². The van der Waals surface area contributed by atoms with E-state index >= 15 is 0 Å². The molecule has 1 rings (SSSR count). The van der Waals surface area contributed by atoms with Gasteiger partial charge in [0.05, 0.1) is 18.6 Å². The highest BCUT2D eigenvalue weighted by Crippen LogP contribution is 2.28. The highest BCUT2D eigenvalue weighted by Gasteiger charge is 2.38. The molecule has 15 heavy (non-hydrogen) atoms. The summed E-state index contributed by atoms with van der Waals surface area (Å²) < 4.78 is 11.0. The fourth-order valence-corrected chi connectivity index (χ4v) is 1.70. The summed E-state index contributed by atoms with van der Waals surface area (Å²) in [6.45, 7) is 7.53. The first-order valence-corrected chi connectivity index (χ1v) is 4.99. The van der Waals surface area contributed by atoms with Crippen LogP contribution in [0.15, 0.2) is 12.7 Å². The number of hydrogen-bond donors (Lipinski definition) is 0. The Kier molecular flexibility index (Phi) is 3.82. The van der Waals surface area contributed by atoms with E-state index < -0.39 is 5.79 Å². The summed E-state index contributed by atoms with van der Waals surface area (Å²) in [5.74, 6) is -0.778. The van der Waals surface area contributed by atoms with Gasteiger partial charge in [0.15, 0.2) is 5.79 Å². The Morgan fingerprint density at radius 3 is 2.80 bits per heavy atom. The van der Waals surface area contributed by atoms with Crippen LogP contribution in [-0.4, -0.2) is 30.0 Å². The Hall–Kier alpha value is -0.940. The highest BCUT2D eigenvalue weighted by molar-refractivity contribution is 4.83. The van der Waals surface area contributed by atoms with Crippen molar-refractivity contribution < 1.29 is 14.4 Å². The normalized spacial score (nSPS) is 26.1. The Bertz CT molecular complexity index is 252. The molecule has 0 aromatic rings. The Morgan fingerprint density at radius 1 is 1.73 bits per heavy atom. The summed E-state index contributed by atoms with van der Waals surface area (Å²) in [5, 5.41) is 10.5. The average molecular weight is 215 g/mol. The second kappa shape index (κ2) is 4.72. The van der Waals surface area contributed by atoms with E-state index in [-0.39, 0.29) is 23.5 Å². The molecule has 0 radical (unpaired) electrons. The average Bonchev–Trinajstić information content (AvgIpc) is 2.44. The first kappa shape index (κ1) is 12.1. The minimum atomic E-state index is -0.624. The van der Waals surface area contributed by atoms with Crippen LogP contribution in [0.1, 0.15) is 20.3 Å². The molecular formula is C10H17NO4. The largest absolute Gasteiger partial charge is 0.348 e. The van der Waals surface area contributed by atoms with E-state index in [1.54, 1.807) is 6.08 Å². The van der Waals surface area contributed by atoms with Crippen molar-refractivity contribution in [2.75, 3.05) is 13.2 Å². The van der Waals surface area contributed by atoms with E-state index in [2.05, 4.69) is 6.58 Å². The van der Waals surface area contributed by atoms with E-state index in [4.69, 9.17) is 9.47 Å². The summed E-state index contributed by atoms with van der Waals surface area (Å²) >= 11 is 0. The quantitative estimate of drug-likeness (QED) is 0.397. The van der Waals surface area contributed by atoms with Crippen LogP contribution in [0.2, 0.25) is 0 Å². The third-order valence-corrected chi connectivity index (χ3v) is 2.41. The molecule has 0 unspecified atom stereocenters. The summed E-state index contributed by atoms with van der Waals surface area (Å²) in [7, 11) is 0. The molecule has 0 aromatic carbocycles. The third kappa shape index (κ3) is 3.60. The lowest BCUT2D eigenvalue weighted by Gasteiger charge is -2.20. The number of nitrogens with zero attached hydrogens (tertiary/aromatic N) is 1. The number of hydrogen-bond acceptors (Lipinski definition) is 4. The van der Waals surface area contributed by atoms with Crippen LogP contribution in [0.25, 0.3) is 0 Å². The number of ether oxygens (including phenoxy) is 2. The van der Waals surface area contributed by atoms with Crippen molar-refractivity contribution in [3.63, 3.8) is 0 Å². The zero-order valence-corrected chi connectivity index (χ0v) is 9.14. The Balaban J connectivity index is 2.56. The number of rotatable bonds is 5. The van der Waals surface area contributed by atoms with Crippen LogP contribution in [0.4, 0.5) is 0 Å². The monoisotopic (exact) mass is 215 g/mol. The van der Waals surface area contributed by atoms with Crippen molar-refractivity contribution in [1.82, 2.24) is 0 Å². The lowest BCUT2D eigenvalue weighted by Crippen LogP contribution is -2.31. The first-order chi connectivity index (χ1) is 6.94. The second-order valence-corrected chi connectivity index (χ2v) is 4.17. The molecule has 5 heteroatoms. The molecule has 1 aliphatic heterocycles. The molecule has 86 valence electrons. The summed E-state index contributed by atoms with van der Waals surface area (Å²) in [5.41, 5.74) is 0. The van der Waals surface area contributed by atoms with E-state index in [0.717, 1.165) is 0 Å². The minimum Gasteiger partial charge on any atom is -0.348 e. The van der Waals surface area contributed by atoms with Gasteiger partial charge in [0.25, 0.3) is 0 Å². The zero-order valence-electron chi connectivity index (χ0n) is 9.14. The van der Waals surface area contributed by atoms with Crippen molar-refractivity contribution >= 4 is 0 Å². The minimum absolute atomic E-state index is 0.101. The van der Waals surface area contributed by atoms with Crippen molar-refractivity contribution in [2.45, 2.75) is 32.2 Å². The van der Waals surface area contributed by atoms with E-state index in [1.807, 2.05) is 13.8 Å². The second-order valence-electron chi connectivity index (χ2n) is 4.17. The SMILES string of the molecule is C=CC[C@@H](C[N+](=O)[O-])[C@H]1COC(C)(C)O1. The summed E-state index contributed by atoms with van der Waals surface area (Å²) in [6, 6.07) is 0. The molecule has 0 aromatic heterocycles. The fourth-order valence-electron chi connectivity index (χ4n) is 1.70. The first-order valence-electron chi connectivity index (χ1n) is 4.99. The maximum Gasteiger partial charge on any atom is 0.209 e. The van der Waals surface area contributed by atoms with Gasteiger partial charge in [-0.2, -0.15) is 0 Å². The van der Waals surface area contributed by atoms with Crippen LogP contribution in [-0.2, 0) is 9.47 Å². The molecule has 1 heterocycles. The van der Waals surface area contributed by atoms with Crippen LogP contribution in [0.5, 0.6) is 0 Å². The van der Waals surface area contributed by atoms with E-state index in [9.17, 15) is 10.1 Å². The highest BCUT2D eigenvalue weighted by atomic mass is 16.7. The summed E-state index contributed by atoms with van der Waals surface area (Å²) in [6.07, 6.45) is 2.05.